The van der Waals surface area contributed by atoms with Gasteiger partial charge in [0, 0.05) is 27.1 Å². The fourth-order valence-corrected chi connectivity index (χ4v) is 3.96. The van der Waals surface area contributed by atoms with E-state index in [1.807, 2.05) is 13.8 Å². The van der Waals surface area contributed by atoms with Crippen LogP contribution in [0, 0.1) is 0 Å². The van der Waals surface area contributed by atoms with Crippen molar-refractivity contribution in [1.82, 2.24) is 28.9 Å². The second-order valence-electron chi connectivity index (χ2n) is 6.27. The fourth-order valence-electron chi connectivity index (χ4n) is 2.43. The van der Waals surface area contributed by atoms with Gasteiger partial charge in [0.05, 0.1) is 5.75 Å². The van der Waals surface area contributed by atoms with Gasteiger partial charge in [-0.25, -0.2) is 9.78 Å². The van der Waals surface area contributed by atoms with Crippen LogP contribution in [0.25, 0.3) is 11.2 Å². The van der Waals surface area contributed by atoms with Crippen LogP contribution in [0.5, 0.6) is 0 Å². The predicted molar refractivity (Wildman–Crippen MR) is 105 cm³/mol. The molecule has 0 aliphatic heterocycles. The summed E-state index contributed by atoms with van der Waals surface area (Å²) in [4.78, 5) is 40.9. The first kappa shape index (κ1) is 19.3. The number of nitrogens with one attached hydrogen (secondary N) is 1. The lowest BCUT2D eigenvalue weighted by Crippen LogP contribution is -2.37. The van der Waals surface area contributed by atoms with Crippen LogP contribution in [-0.2, 0) is 25.9 Å². The predicted octanol–water partition coefficient (Wildman–Crippen LogP) is 0.676. The number of aryl methyl sites for hydroxylation is 2. The van der Waals surface area contributed by atoms with E-state index in [1.54, 1.807) is 18.7 Å². The SMILES string of the molecule is CC(C)c1nnc(NC(=O)CSc2nc3c(c(=O)n(C)c(=O)n3C)n2C)s1. The normalized spacial score (nSPS) is 11.5. The fraction of sp³-hybridized carbons (Fsp3) is 0.467. The molecule has 0 atom stereocenters. The number of imidazole rings is 1. The molecule has 144 valence electrons. The highest BCUT2D eigenvalue weighted by Crippen LogP contribution is 2.23. The van der Waals surface area contributed by atoms with E-state index < -0.39 is 11.2 Å². The monoisotopic (exact) mass is 409 g/mol. The van der Waals surface area contributed by atoms with Gasteiger partial charge in [-0.15, -0.1) is 10.2 Å². The summed E-state index contributed by atoms with van der Waals surface area (Å²) in [7, 11) is 4.66. The van der Waals surface area contributed by atoms with Crippen molar-refractivity contribution in [1.29, 1.82) is 0 Å². The molecule has 3 heterocycles. The summed E-state index contributed by atoms with van der Waals surface area (Å²) < 4.78 is 3.94. The zero-order valence-corrected chi connectivity index (χ0v) is 17.1. The molecule has 3 rings (SSSR count). The number of rotatable bonds is 5. The Kier molecular flexibility index (Phi) is 5.20. The van der Waals surface area contributed by atoms with Crippen molar-refractivity contribution in [2.75, 3.05) is 11.1 Å². The molecule has 0 spiro atoms. The number of nitrogens with zero attached hydrogens (tertiary/aromatic N) is 6. The minimum Gasteiger partial charge on any atom is -0.316 e. The lowest BCUT2D eigenvalue weighted by molar-refractivity contribution is -0.113. The molecule has 0 bridgehead atoms. The first-order valence-electron chi connectivity index (χ1n) is 8.09. The van der Waals surface area contributed by atoms with E-state index in [9.17, 15) is 14.4 Å². The van der Waals surface area contributed by atoms with Crippen LogP contribution in [0.15, 0.2) is 14.7 Å². The third-order valence-corrected chi connectivity index (χ3v) is 6.12. The first-order chi connectivity index (χ1) is 12.7. The van der Waals surface area contributed by atoms with Gasteiger partial charge in [0.25, 0.3) is 5.56 Å². The van der Waals surface area contributed by atoms with Crippen molar-refractivity contribution in [3.05, 3.63) is 25.8 Å². The second kappa shape index (κ2) is 7.27. The van der Waals surface area contributed by atoms with Crippen molar-refractivity contribution in [2.24, 2.45) is 21.1 Å². The Hall–Kier alpha value is -2.47. The van der Waals surface area contributed by atoms with Gasteiger partial charge in [-0.2, -0.15) is 0 Å². The Bertz CT molecular complexity index is 1140. The average molecular weight is 409 g/mol. The average Bonchev–Trinajstić information content (AvgIpc) is 3.21. The molecular formula is C15H19N7O3S2. The summed E-state index contributed by atoms with van der Waals surface area (Å²) >= 11 is 2.51. The van der Waals surface area contributed by atoms with E-state index in [1.165, 1.54) is 34.7 Å². The van der Waals surface area contributed by atoms with Crippen LogP contribution in [0.2, 0.25) is 0 Å². The van der Waals surface area contributed by atoms with Crippen LogP contribution < -0.4 is 16.6 Å². The number of thioether (sulfide) groups is 1. The van der Waals surface area contributed by atoms with Crippen molar-refractivity contribution in [3.63, 3.8) is 0 Å². The Balaban J connectivity index is 1.79. The van der Waals surface area contributed by atoms with Crippen LogP contribution in [0.3, 0.4) is 0 Å². The summed E-state index contributed by atoms with van der Waals surface area (Å²) in [6.07, 6.45) is 0. The van der Waals surface area contributed by atoms with E-state index in [-0.39, 0.29) is 17.6 Å². The van der Waals surface area contributed by atoms with Gasteiger partial charge in [0.2, 0.25) is 11.0 Å². The lowest BCUT2D eigenvalue weighted by atomic mass is 10.2. The highest BCUT2D eigenvalue weighted by molar-refractivity contribution is 7.99. The summed E-state index contributed by atoms with van der Waals surface area (Å²) in [5.74, 6) is 0.0826. The van der Waals surface area contributed by atoms with E-state index in [0.717, 1.165) is 9.57 Å². The Labute approximate surface area is 162 Å². The number of fused-ring (bicyclic) bond motifs is 1. The van der Waals surface area contributed by atoms with Crippen molar-refractivity contribution >= 4 is 45.3 Å². The zero-order valence-electron chi connectivity index (χ0n) is 15.5. The molecule has 10 nitrogen and oxygen atoms in total. The first-order valence-corrected chi connectivity index (χ1v) is 9.89. The minimum absolute atomic E-state index is 0.0853. The van der Waals surface area contributed by atoms with Crippen LogP contribution in [0.1, 0.15) is 24.8 Å². The molecule has 0 unspecified atom stereocenters. The molecule has 27 heavy (non-hydrogen) atoms. The van der Waals surface area contributed by atoms with E-state index in [0.29, 0.717) is 21.5 Å². The lowest BCUT2D eigenvalue weighted by Gasteiger charge is -2.03. The number of hydrogen-bond acceptors (Lipinski definition) is 8. The Morgan fingerprint density at radius 1 is 1.15 bits per heavy atom. The van der Waals surface area contributed by atoms with Gasteiger partial charge in [-0.1, -0.05) is 36.9 Å². The molecule has 12 heteroatoms. The second-order valence-corrected chi connectivity index (χ2v) is 8.22. The minimum atomic E-state index is -0.447. The number of anilines is 1. The molecule has 1 amide bonds. The molecule has 0 aromatic carbocycles. The third kappa shape index (κ3) is 3.54. The number of aromatic nitrogens is 6. The Morgan fingerprint density at radius 2 is 1.85 bits per heavy atom. The molecule has 0 saturated heterocycles. The third-order valence-electron chi connectivity index (χ3n) is 3.95. The quantitative estimate of drug-likeness (QED) is 0.616. The van der Waals surface area contributed by atoms with Crippen molar-refractivity contribution in [2.45, 2.75) is 24.9 Å². The number of amides is 1. The number of carbonyl (C=O) groups is 1. The van der Waals surface area contributed by atoms with E-state index in [4.69, 9.17) is 0 Å². The van der Waals surface area contributed by atoms with Crippen molar-refractivity contribution < 1.29 is 4.79 Å². The summed E-state index contributed by atoms with van der Waals surface area (Å²) in [6, 6.07) is 0. The van der Waals surface area contributed by atoms with E-state index in [2.05, 4.69) is 20.5 Å². The Morgan fingerprint density at radius 3 is 2.48 bits per heavy atom. The molecule has 0 fully saturated rings. The number of hydrogen-bond donors (Lipinski definition) is 1. The maximum atomic E-state index is 12.4. The summed E-state index contributed by atoms with van der Waals surface area (Å²) in [5, 5.41) is 12.5. The standard InChI is InChI=1S/C15H19N7O3S2/c1-7(2)11-18-19-13(27-11)16-8(23)6-26-14-17-10-9(20(14)3)12(24)22(5)15(25)21(10)4/h7H,6H2,1-5H3,(H,16,19,23). The highest BCUT2D eigenvalue weighted by Gasteiger charge is 2.18. The van der Waals surface area contributed by atoms with Gasteiger partial charge >= 0.3 is 5.69 Å². The van der Waals surface area contributed by atoms with Gasteiger partial charge in [-0.05, 0) is 0 Å². The maximum absolute atomic E-state index is 12.4. The topological polar surface area (TPSA) is 117 Å². The molecule has 3 aromatic rings. The zero-order chi connectivity index (χ0) is 19.9. The number of carbonyl (C=O) groups excluding carboxylic acids is 1. The summed E-state index contributed by atoms with van der Waals surface area (Å²) in [6.45, 7) is 4.01. The van der Waals surface area contributed by atoms with Crippen LogP contribution in [-0.4, -0.2) is 40.5 Å². The molecule has 0 aliphatic rings. The van der Waals surface area contributed by atoms with Gasteiger partial charge in [0.15, 0.2) is 16.3 Å². The van der Waals surface area contributed by atoms with Gasteiger partial charge in [-0.3, -0.25) is 24.0 Å². The smallest absolute Gasteiger partial charge is 0.316 e. The van der Waals surface area contributed by atoms with E-state index >= 15 is 0 Å². The van der Waals surface area contributed by atoms with Crippen LogP contribution >= 0.6 is 23.1 Å². The van der Waals surface area contributed by atoms with Crippen LogP contribution in [0.4, 0.5) is 5.13 Å². The molecule has 1 N–H and O–H groups in total. The van der Waals surface area contributed by atoms with Gasteiger partial charge < -0.3 is 4.57 Å². The maximum Gasteiger partial charge on any atom is 0.332 e. The largest absolute Gasteiger partial charge is 0.332 e. The summed E-state index contributed by atoms with van der Waals surface area (Å²) in [5.41, 5.74) is -0.265. The molecule has 0 saturated carbocycles. The van der Waals surface area contributed by atoms with Crippen molar-refractivity contribution in [3.8, 4) is 0 Å². The van der Waals surface area contributed by atoms with Gasteiger partial charge in [0.1, 0.15) is 5.01 Å². The molecular weight excluding hydrogens is 390 g/mol. The molecule has 0 aliphatic carbocycles. The highest BCUT2D eigenvalue weighted by atomic mass is 32.2. The molecule has 3 aromatic heterocycles. The molecule has 0 radical (unpaired) electrons.